The zero-order valence-corrected chi connectivity index (χ0v) is 15.7. The van der Waals surface area contributed by atoms with Crippen LogP contribution >= 0.6 is 0 Å². The van der Waals surface area contributed by atoms with Crippen molar-refractivity contribution in [1.82, 2.24) is 15.2 Å². The summed E-state index contributed by atoms with van der Waals surface area (Å²) in [5.74, 6) is -0.124. The zero-order valence-electron chi connectivity index (χ0n) is 15.7. The zero-order chi connectivity index (χ0) is 19.6. The number of nitriles is 1. The van der Waals surface area contributed by atoms with Gasteiger partial charge in [-0.25, -0.2) is 0 Å². The summed E-state index contributed by atoms with van der Waals surface area (Å²) in [6.07, 6.45) is 0.764. The highest BCUT2D eigenvalue weighted by molar-refractivity contribution is 5.95. The van der Waals surface area contributed by atoms with Gasteiger partial charge in [0.15, 0.2) is 0 Å². The first-order valence-corrected chi connectivity index (χ1v) is 8.94. The molecule has 1 aromatic heterocycles. The van der Waals surface area contributed by atoms with E-state index in [1.807, 2.05) is 38.1 Å². The molecular weight excluding hydrogens is 340 g/mol. The SMILES string of the molecule is CC(=O)N[C@@H]1CCN(C(=O)c2cccc(-c3cc(C)c(C#N)c(C)n3)c2)C1. The van der Waals surface area contributed by atoms with Crippen LogP contribution in [0, 0.1) is 25.2 Å². The molecule has 0 aliphatic carbocycles. The highest BCUT2D eigenvalue weighted by Crippen LogP contribution is 2.24. The highest BCUT2D eigenvalue weighted by Gasteiger charge is 2.27. The molecule has 0 spiro atoms. The molecule has 0 unspecified atom stereocenters. The Kier molecular flexibility index (Phi) is 5.22. The second-order valence-electron chi connectivity index (χ2n) is 6.91. The molecule has 3 rings (SSSR count). The molecule has 2 heterocycles. The minimum atomic E-state index is -0.0751. The second kappa shape index (κ2) is 7.58. The van der Waals surface area contributed by atoms with Gasteiger partial charge in [-0.1, -0.05) is 12.1 Å². The molecule has 0 bridgehead atoms. The van der Waals surface area contributed by atoms with E-state index in [1.165, 1.54) is 6.92 Å². The number of aromatic nitrogens is 1. The fourth-order valence-electron chi connectivity index (χ4n) is 3.49. The number of hydrogen-bond donors (Lipinski definition) is 1. The van der Waals surface area contributed by atoms with E-state index < -0.39 is 0 Å². The Bertz CT molecular complexity index is 922. The lowest BCUT2D eigenvalue weighted by Gasteiger charge is -2.17. The van der Waals surface area contributed by atoms with Gasteiger partial charge in [0.05, 0.1) is 17.0 Å². The smallest absolute Gasteiger partial charge is 0.253 e. The molecule has 1 N–H and O–H groups in total. The van der Waals surface area contributed by atoms with Crippen LogP contribution in [0.2, 0.25) is 0 Å². The van der Waals surface area contributed by atoms with Crippen LogP contribution in [-0.4, -0.2) is 40.8 Å². The Morgan fingerprint density at radius 1 is 1.30 bits per heavy atom. The van der Waals surface area contributed by atoms with Gasteiger partial charge in [-0.3, -0.25) is 14.6 Å². The summed E-state index contributed by atoms with van der Waals surface area (Å²) < 4.78 is 0. The molecule has 6 nitrogen and oxygen atoms in total. The third-order valence-electron chi connectivity index (χ3n) is 4.80. The number of rotatable bonds is 3. The Balaban J connectivity index is 1.83. The van der Waals surface area contributed by atoms with Gasteiger partial charge in [-0.15, -0.1) is 0 Å². The Labute approximate surface area is 158 Å². The number of nitrogens with zero attached hydrogens (tertiary/aromatic N) is 3. The molecule has 27 heavy (non-hydrogen) atoms. The number of nitrogens with one attached hydrogen (secondary N) is 1. The molecule has 1 fully saturated rings. The lowest BCUT2D eigenvalue weighted by molar-refractivity contribution is -0.119. The van der Waals surface area contributed by atoms with E-state index in [2.05, 4.69) is 16.4 Å². The molecular formula is C21H22N4O2. The number of hydrogen-bond acceptors (Lipinski definition) is 4. The molecule has 138 valence electrons. The highest BCUT2D eigenvalue weighted by atomic mass is 16.2. The quantitative estimate of drug-likeness (QED) is 0.909. The minimum Gasteiger partial charge on any atom is -0.352 e. The van der Waals surface area contributed by atoms with Crippen LogP contribution in [0.4, 0.5) is 0 Å². The van der Waals surface area contributed by atoms with E-state index in [9.17, 15) is 14.9 Å². The molecule has 1 saturated heterocycles. The lowest BCUT2D eigenvalue weighted by Crippen LogP contribution is -2.37. The van der Waals surface area contributed by atoms with Crippen molar-refractivity contribution >= 4 is 11.8 Å². The Morgan fingerprint density at radius 2 is 2.07 bits per heavy atom. The molecule has 1 aliphatic heterocycles. The molecule has 2 amide bonds. The summed E-state index contributed by atoms with van der Waals surface area (Å²) in [5, 5.41) is 12.1. The predicted octanol–water partition coefficient (Wildman–Crippen LogP) is 2.59. The number of aryl methyl sites for hydroxylation is 2. The van der Waals surface area contributed by atoms with Gasteiger partial charge in [0.2, 0.25) is 5.91 Å². The van der Waals surface area contributed by atoms with Gasteiger partial charge in [-0.2, -0.15) is 5.26 Å². The monoisotopic (exact) mass is 362 g/mol. The van der Waals surface area contributed by atoms with Gasteiger partial charge < -0.3 is 10.2 Å². The molecule has 0 radical (unpaired) electrons. The van der Waals surface area contributed by atoms with E-state index in [0.717, 1.165) is 23.2 Å². The maximum Gasteiger partial charge on any atom is 0.253 e. The molecule has 1 atom stereocenters. The van der Waals surface area contributed by atoms with E-state index in [-0.39, 0.29) is 17.9 Å². The van der Waals surface area contributed by atoms with E-state index in [0.29, 0.717) is 29.9 Å². The average molecular weight is 362 g/mol. The van der Waals surface area contributed by atoms with Crippen molar-refractivity contribution in [3.8, 4) is 17.3 Å². The van der Waals surface area contributed by atoms with E-state index >= 15 is 0 Å². The number of pyridine rings is 1. The van der Waals surface area contributed by atoms with E-state index in [1.54, 1.807) is 11.0 Å². The molecule has 2 aromatic rings. The first kappa shape index (κ1) is 18.6. The summed E-state index contributed by atoms with van der Waals surface area (Å²) >= 11 is 0. The van der Waals surface area contributed by atoms with Crippen molar-refractivity contribution in [2.45, 2.75) is 33.2 Å². The fourth-order valence-corrected chi connectivity index (χ4v) is 3.49. The fraction of sp³-hybridized carbons (Fsp3) is 0.333. The van der Waals surface area contributed by atoms with E-state index in [4.69, 9.17) is 0 Å². The lowest BCUT2D eigenvalue weighted by atomic mass is 10.0. The van der Waals surface area contributed by atoms with Crippen molar-refractivity contribution < 1.29 is 9.59 Å². The van der Waals surface area contributed by atoms with Crippen molar-refractivity contribution in [3.63, 3.8) is 0 Å². The summed E-state index contributed by atoms with van der Waals surface area (Å²) in [6.45, 7) is 6.34. The molecule has 6 heteroatoms. The Hall–Kier alpha value is -3.20. The number of amides is 2. The van der Waals surface area contributed by atoms with Gasteiger partial charge in [0.1, 0.15) is 6.07 Å². The summed E-state index contributed by atoms with van der Waals surface area (Å²) in [5.41, 5.74) is 4.33. The summed E-state index contributed by atoms with van der Waals surface area (Å²) in [6, 6.07) is 11.4. The van der Waals surface area contributed by atoms with Crippen LogP contribution < -0.4 is 5.32 Å². The van der Waals surface area contributed by atoms with Gasteiger partial charge in [-0.05, 0) is 44.0 Å². The Morgan fingerprint density at radius 3 is 2.74 bits per heavy atom. The largest absolute Gasteiger partial charge is 0.352 e. The van der Waals surface area contributed by atoms with Crippen LogP contribution in [0.3, 0.4) is 0 Å². The number of benzene rings is 1. The van der Waals surface area contributed by atoms with Gasteiger partial charge >= 0.3 is 0 Å². The molecule has 0 saturated carbocycles. The third-order valence-corrected chi connectivity index (χ3v) is 4.80. The first-order valence-electron chi connectivity index (χ1n) is 8.94. The van der Waals surface area contributed by atoms with Crippen molar-refractivity contribution in [3.05, 3.63) is 52.7 Å². The summed E-state index contributed by atoms with van der Waals surface area (Å²) in [4.78, 5) is 30.3. The normalized spacial score (nSPS) is 16.1. The average Bonchev–Trinajstić information content (AvgIpc) is 3.08. The van der Waals surface area contributed by atoms with Crippen LogP contribution in [-0.2, 0) is 4.79 Å². The van der Waals surface area contributed by atoms with Crippen LogP contribution in [0.1, 0.15) is 40.5 Å². The standard InChI is InChI=1S/C21H22N4O2/c1-13-9-20(23-14(2)19(13)11-22)16-5-4-6-17(10-16)21(27)25-8-7-18(12-25)24-15(3)26/h4-6,9-10,18H,7-8,12H2,1-3H3,(H,24,26)/t18-/m1/s1. The van der Waals surface area contributed by atoms with Gasteiger partial charge in [0, 0.05) is 37.2 Å². The van der Waals surface area contributed by atoms with Crippen molar-refractivity contribution in [1.29, 1.82) is 5.26 Å². The number of carbonyl (C=O) groups excluding carboxylic acids is 2. The summed E-state index contributed by atoms with van der Waals surface area (Å²) in [7, 11) is 0. The van der Waals surface area contributed by atoms with Crippen LogP contribution in [0.15, 0.2) is 30.3 Å². The molecule has 1 aliphatic rings. The maximum absolute atomic E-state index is 12.8. The van der Waals surface area contributed by atoms with Crippen molar-refractivity contribution in [2.75, 3.05) is 13.1 Å². The van der Waals surface area contributed by atoms with Crippen LogP contribution in [0.5, 0.6) is 0 Å². The number of carbonyl (C=O) groups is 2. The van der Waals surface area contributed by atoms with Crippen molar-refractivity contribution in [2.24, 2.45) is 0 Å². The minimum absolute atomic E-state index is 0.0140. The van der Waals surface area contributed by atoms with Gasteiger partial charge in [0.25, 0.3) is 5.91 Å². The second-order valence-corrected chi connectivity index (χ2v) is 6.91. The number of likely N-dealkylation sites (tertiary alicyclic amines) is 1. The molecule has 1 aromatic carbocycles. The predicted molar refractivity (Wildman–Crippen MR) is 102 cm³/mol. The maximum atomic E-state index is 12.8. The third kappa shape index (κ3) is 3.98. The van der Waals surface area contributed by atoms with Crippen LogP contribution in [0.25, 0.3) is 11.3 Å². The topological polar surface area (TPSA) is 86.1 Å². The first-order chi connectivity index (χ1) is 12.9.